The molecule has 0 aliphatic heterocycles. The Balaban J connectivity index is 2.00. The zero-order chi connectivity index (χ0) is 12.3. The maximum atomic E-state index is 4.52. The van der Waals surface area contributed by atoms with Crippen molar-refractivity contribution >= 4 is 21.7 Å². The van der Waals surface area contributed by atoms with Gasteiger partial charge in [-0.05, 0) is 53.2 Å². The smallest absolute Gasteiger partial charge is 0.142 e. The summed E-state index contributed by atoms with van der Waals surface area (Å²) in [6.45, 7) is 3.21. The molecule has 0 unspecified atom stereocenters. The molecule has 1 aromatic heterocycles. The van der Waals surface area contributed by atoms with Crippen molar-refractivity contribution in [2.75, 3.05) is 18.5 Å². The van der Waals surface area contributed by atoms with Crippen molar-refractivity contribution < 1.29 is 0 Å². The average molecular weight is 297 g/mol. The fraction of sp³-hybridized carbons (Fsp3) is 0.643. The van der Waals surface area contributed by atoms with Crippen LogP contribution < -0.4 is 4.90 Å². The second kappa shape index (κ2) is 5.85. The summed E-state index contributed by atoms with van der Waals surface area (Å²) < 4.78 is 1.11. The predicted molar refractivity (Wildman–Crippen MR) is 76.5 cm³/mol. The highest BCUT2D eigenvalue weighted by molar-refractivity contribution is 9.10. The summed E-state index contributed by atoms with van der Waals surface area (Å²) in [6, 6.07) is 2.14. The SMILES string of the molecule is Cc1cnc(N(C)CC2CCCCC2)c(Br)c1. The summed E-state index contributed by atoms with van der Waals surface area (Å²) in [6.07, 6.45) is 8.94. The molecule has 1 aliphatic carbocycles. The van der Waals surface area contributed by atoms with Crippen molar-refractivity contribution in [3.63, 3.8) is 0 Å². The molecule has 0 aromatic carbocycles. The van der Waals surface area contributed by atoms with Crippen molar-refractivity contribution in [2.24, 2.45) is 5.92 Å². The first kappa shape index (κ1) is 12.9. The van der Waals surface area contributed by atoms with Crippen molar-refractivity contribution in [1.82, 2.24) is 4.98 Å². The van der Waals surface area contributed by atoms with E-state index in [0.29, 0.717) is 0 Å². The Hall–Kier alpha value is -0.570. The Morgan fingerprint density at radius 2 is 2.06 bits per heavy atom. The van der Waals surface area contributed by atoms with Gasteiger partial charge in [-0.2, -0.15) is 0 Å². The zero-order valence-electron chi connectivity index (χ0n) is 10.7. The Morgan fingerprint density at radius 1 is 1.35 bits per heavy atom. The van der Waals surface area contributed by atoms with Gasteiger partial charge in [0.05, 0.1) is 4.47 Å². The molecule has 94 valence electrons. The van der Waals surface area contributed by atoms with E-state index >= 15 is 0 Å². The van der Waals surface area contributed by atoms with Crippen LogP contribution in [-0.2, 0) is 0 Å². The molecule has 0 bridgehead atoms. The number of hydrogen-bond acceptors (Lipinski definition) is 2. The molecule has 17 heavy (non-hydrogen) atoms. The second-order valence-corrected chi connectivity index (χ2v) is 6.06. The third-order valence-corrected chi connectivity index (χ3v) is 4.16. The summed E-state index contributed by atoms with van der Waals surface area (Å²) in [5.74, 6) is 1.92. The van der Waals surface area contributed by atoms with Gasteiger partial charge in [-0.25, -0.2) is 4.98 Å². The molecular weight excluding hydrogens is 276 g/mol. The van der Waals surface area contributed by atoms with Crippen molar-refractivity contribution in [2.45, 2.75) is 39.0 Å². The molecular formula is C14H21BrN2. The van der Waals surface area contributed by atoms with E-state index in [1.807, 2.05) is 6.20 Å². The highest BCUT2D eigenvalue weighted by Gasteiger charge is 2.17. The van der Waals surface area contributed by atoms with Gasteiger partial charge < -0.3 is 4.90 Å². The monoisotopic (exact) mass is 296 g/mol. The standard InChI is InChI=1S/C14H21BrN2/c1-11-8-13(15)14(16-9-11)17(2)10-12-6-4-3-5-7-12/h8-9,12H,3-7,10H2,1-2H3. The van der Waals surface area contributed by atoms with E-state index in [1.54, 1.807) is 0 Å². The molecule has 0 radical (unpaired) electrons. The van der Waals surface area contributed by atoms with E-state index in [1.165, 1.54) is 37.7 Å². The van der Waals surface area contributed by atoms with Gasteiger partial charge in [0.2, 0.25) is 0 Å². The molecule has 1 saturated carbocycles. The first-order valence-electron chi connectivity index (χ1n) is 6.50. The minimum absolute atomic E-state index is 0.851. The molecule has 2 rings (SSSR count). The lowest BCUT2D eigenvalue weighted by molar-refractivity contribution is 0.361. The van der Waals surface area contributed by atoms with E-state index in [-0.39, 0.29) is 0 Å². The molecule has 1 aromatic rings. The number of rotatable bonds is 3. The van der Waals surface area contributed by atoms with Gasteiger partial charge in [-0.1, -0.05) is 19.3 Å². The Labute approximate surface area is 113 Å². The maximum Gasteiger partial charge on any atom is 0.142 e. The predicted octanol–water partition coefficient (Wildman–Crippen LogP) is 4.17. The van der Waals surface area contributed by atoms with Crippen LogP contribution in [0.5, 0.6) is 0 Å². The normalized spacial score (nSPS) is 17.1. The van der Waals surface area contributed by atoms with Crippen LogP contribution in [0.15, 0.2) is 16.7 Å². The van der Waals surface area contributed by atoms with E-state index < -0.39 is 0 Å². The number of aromatic nitrogens is 1. The molecule has 0 amide bonds. The van der Waals surface area contributed by atoms with E-state index in [2.05, 4.69) is 45.9 Å². The van der Waals surface area contributed by atoms with Crippen LogP contribution in [0.3, 0.4) is 0 Å². The highest BCUT2D eigenvalue weighted by atomic mass is 79.9. The van der Waals surface area contributed by atoms with Crippen LogP contribution >= 0.6 is 15.9 Å². The van der Waals surface area contributed by atoms with E-state index in [9.17, 15) is 0 Å². The molecule has 1 aliphatic rings. The van der Waals surface area contributed by atoms with Gasteiger partial charge in [0.25, 0.3) is 0 Å². The minimum atomic E-state index is 0.851. The number of hydrogen-bond donors (Lipinski definition) is 0. The highest BCUT2D eigenvalue weighted by Crippen LogP contribution is 2.28. The van der Waals surface area contributed by atoms with Crippen LogP contribution in [0, 0.1) is 12.8 Å². The van der Waals surface area contributed by atoms with Gasteiger partial charge in [-0.15, -0.1) is 0 Å². The molecule has 0 atom stereocenters. The molecule has 3 heteroatoms. The average Bonchev–Trinajstić information content (AvgIpc) is 2.30. The van der Waals surface area contributed by atoms with Gasteiger partial charge in [0.1, 0.15) is 5.82 Å². The van der Waals surface area contributed by atoms with E-state index in [4.69, 9.17) is 0 Å². The topological polar surface area (TPSA) is 16.1 Å². The molecule has 0 spiro atoms. The van der Waals surface area contributed by atoms with E-state index in [0.717, 1.165) is 22.8 Å². The number of halogens is 1. The quantitative estimate of drug-likeness (QED) is 0.832. The second-order valence-electron chi connectivity index (χ2n) is 5.20. The molecule has 0 N–H and O–H groups in total. The molecule has 0 saturated heterocycles. The number of nitrogens with zero attached hydrogens (tertiary/aromatic N) is 2. The van der Waals surface area contributed by atoms with Crippen molar-refractivity contribution in [3.8, 4) is 0 Å². The fourth-order valence-corrected chi connectivity index (χ4v) is 3.42. The lowest BCUT2D eigenvalue weighted by Gasteiger charge is -2.28. The largest absolute Gasteiger partial charge is 0.358 e. The van der Waals surface area contributed by atoms with Gasteiger partial charge in [0.15, 0.2) is 0 Å². The summed E-state index contributed by atoms with van der Waals surface area (Å²) >= 11 is 3.61. The summed E-state index contributed by atoms with van der Waals surface area (Å²) in [5, 5.41) is 0. The lowest BCUT2D eigenvalue weighted by Crippen LogP contribution is -2.27. The fourth-order valence-electron chi connectivity index (χ4n) is 2.65. The molecule has 2 nitrogen and oxygen atoms in total. The van der Waals surface area contributed by atoms with Crippen LogP contribution in [0.2, 0.25) is 0 Å². The van der Waals surface area contributed by atoms with Crippen LogP contribution in [0.4, 0.5) is 5.82 Å². The maximum absolute atomic E-state index is 4.52. The summed E-state index contributed by atoms with van der Waals surface area (Å²) in [5.41, 5.74) is 1.20. The number of anilines is 1. The first-order chi connectivity index (χ1) is 8.16. The Kier molecular flexibility index (Phi) is 4.43. The number of pyridine rings is 1. The zero-order valence-corrected chi connectivity index (χ0v) is 12.3. The van der Waals surface area contributed by atoms with Gasteiger partial charge in [-0.3, -0.25) is 0 Å². The first-order valence-corrected chi connectivity index (χ1v) is 7.29. The molecule has 1 fully saturated rings. The lowest BCUT2D eigenvalue weighted by atomic mass is 9.89. The Bertz CT molecular complexity index is 372. The van der Waals surface area contributed by atoms with Gasteiger partial charge >= 0.3 is 0 Å². The van der Waals surface area contributed by atoms with Gasteiger partial charge in [0, 0.05) is 19.8 Å². The minimum Gasteiger partial charge on any atom is -0.358 e. The third-order valence-electron chi connectivity index (χ3n) is 3.58. The number of aryl methyl sites for hydroxylation is 1. The van der Waals surface area contributed by atoms with Crippen LogP contribution in [-0.4, -0.2) is 18.6 Å². The summed E-state index contributed by atoms with van der Waals surface area (Å²) in [7, 11) is 2.15. The third kappa shape index (κ3) is 3.44. The Morgan fingerprint density at radius 3 is 2.71 bits per heavy atom. The van der Waals surface area contributed by atoms with Crippen molar-refractivity contribution in [1.29, 1.82) is 0 Å². The van der Waals surface area contributed by atoms with Crippen molar-refractivity contribution in [3.05, 3.63) is 22.3 Å². The molecule has 1 heterocycles. The van der Waals surface area contributed by atoms with Crippen LogP contribution in [0.25, 0.3) is 0 Å². The summed E-state index contributed by atoms with van der Waals surface area (Å²) in [4.78, 5) is 6.81. The van der Waals surface area contributed by atoms with Crippen LogP contribution in [0.1, 0.15) is 37.7 Å².